The molecule has 0 saturated heterocycles. The largest absolute Gasteiger partial charge is 0.480 e. The van der Waals surface area contributed by atoms with Crippen molar-refractivity contribution in [2.75, 3.05) is 6.26 Å². The Hall–Kier alpha value is -1.46. The first-order valence-electron chi connectivity index (χ1n) is 6.45. The Labute approximate surface area is 133 Å². The van der Waals surface area contributed by atoms with Gasteiger partial charge in [0.2, 0.25) is 0 Å². The van der Waals surface area contributed by atoms with Crippen LogP contribution in [0.5, 0.6) is 0 Å². The number of benzene rings is 1. The van der Waals surface area contributed by atoms with Gasteiger partial charge >= 0.3 is 5.97 Å². The van der Waals surface area contributed by atoms with Gasteiger partial charge in [-0.25, -0.2) is 0 Å². The Morgan fingerprint density at radius 3 is 2.43 bits per heavy atom. The summed E-state index contributed by atoms with van der Waals surface area (Å²) in [7, 11) is 0. The number of pyridine rings is 1. The highest BCUT2D eigenvalue weighted by Crippen LogP contribution is 2.38. The van der Waals surface area contributed by atoms with E-state index in [9.17, 15) is 9.90 Å². The minimum absolute atomic E-state index is 0.826. The molecule has 110 valence electrons. The SMILES string of the molecule is CSc1ccc(-c2cnccc2SC(C)(C)C(=O)O)cc1. The van der Waals surface area contributed by atoms with E-state index in [2.05, 4.69) is 17.1 Å². The molecule has 0 aliphatic rings. The second-order valence-corrected chi connectivity index (χ2v) is 7.56. The molecule has 1 N–H and O–H groups in total. The highest BCUT2D eigenvalue weighted by molar-refractivity contribution is 8.01. The van der Waals surface area contributed by atoms with Gasteiger partial charge in [-0.1, -0.05) is 12.1 Å². The van der Waals surface area contributed by atoms with Crippen LogP contribution in [-0.4, -0.2) is 27.1 Å². The summed E-state index contributed by atoms with van der Waals surface area (Å²) in [5.41, 5.74) is 2.01. The molecule has 0 radical (unpaired) electrons. The van der Waals surface area contributed by atoms with Crippen LogP contribution in [-0.2, 0) is 4.79 Å². The highest BCUT2D eigenvalue weighted by Gasteiger charge is 2.29. The molecule has 0 aliphatic carbocycles. The average Bonchev–Trinajstić information content (AvgIpc) is 2.47. The lowest BCUT2D eigenvalue weighted by Crippen LogP contribution is -2.27. The fourth-order valence-electron chi connectivity index (χ4n) is 1.78. The molecule has 0 aliphatic heterocycles. The molecule has 2 rings (SSSR count). The van der Waals surface area contributed by atoms with Gasteiger partial charge in [0.05, 0.1) is 0 Å². The Morgan fingerprint density at radius 2 is 1.86 bits per heavy atom. The molecular formula is C16H17NO2S2. The van der Waals surface area contributed by atoms with E-state index in [4.69, 9.17) is 0 Å². The number of aromatic nitrogens is 1. The molecule has 0 saturated carbocycles. The monoisotopic (exact) mass is 319 g/mol. The van der Waals surface area contributed by atoms with Gasteiger partial charge < -0.3 is 5.11 Å². The third-order valence-electron chi connectivity index (χ3n) is 3.06. The van der Waals surface area contributed by atoms with E-state index in [-0.39, 0.29) is 0 Å². The molecule has 21 heavy (non-hydrogen) atoms. The van der Waals surface area contributed by atoms with Crippen molar-refractivity contribution in [2.45, 2.75) is 28.4 Å². The molecule has 2 aromatic rings. The minimum Gasteiger partial charge on any atom is -0.480 e. The minimum atomic E-state index is -0.880. The highest BCUT2D eigenvalue weighted by atomic mass is 32.2. The maximum Gasteiger partial charge on any atom is 0.319 e. The lowest BCUT2D eigenvalue weighted by Gasteiger charge is -2.20. The zero-order valence-electron chi connectivity index (χ0n) is 12.2. The zero-order valence-corrected chi connectivity index (χ0v) is 13.8. The van der Waals surface area contributed by atoms with Crippen molar-refractivity contribution in [2.24, 2.45) is 0 Å². The summed E-state index contributed by atoms with van der Waals surface area (Å²) in [6.07, 6.45) is 5.52. The molecule has 0 bridgehead atoms. The standard InChI is InChI=1S/C16H17NO2S2/c1-16(2,15(18)19)21-14-8-9-17-10-13(14)11-4-6-12(20-3)7-5-11/h4-10H,1-3H3,(H,18,19). The summed E-state index contributed by atoms with van der Waals surface area (Å²) in [5.74, 6) is -0.826. The molecular weight excluding hydrogens is 302 g/mol. The van der Waals surface area contributed by atoms with Crippen LogP contribution in [0.15, 0.2) is 52.5 Å². The molecule has 0 atom stereocenters. The van der Waals surface area contributed by atoms with Gasteiger partial charge in [0.1, 0.15) is 4.75 Å². The van der Waals surface area contributed by atoms with Gasteiger partial charge in [0, 0.05) is 27.7 Å². The van der Waals surface area contributed by atoms with Crippen LogP contribution in [0.25, 0.3) is 11.1 Å². The van der Waals surface area contributed by atoms with Crippen LogP contribution < -0.4 is 0 Å². The van der Waals surface area contributed by atoms with Crippen LogP contribution in [0.1, 0.15) is 13.8 Å². The molecule has 3 nitrogen and oxygen atoms in total. The van der Waals surface area contributed by atoms with Crippen molar-refractivity contribution >= 4 is 29.5 Å². The third-order valence-corrected chi connectivity index (χ3v) is 5.07. The summed E-state index contributed by atoms with van der Waals surface area (Å²) < 4.78 is -0.880. The van der Waals surface area contributed by atoms with Gasteiger partial charge in [0.15, 0.2) is 0 Å². The van der Waals surface area contributed by atoms with Crippen molar-refractivity contribution in [3.63, 3.8) is 0 Å². The van der Waals surface area contributed by atoms with E-state index < -0.39 is 10.7 Å². The molecule has 0 unspecified atom stereocenters. The quantitative estimate of drug-likeness (QED) is 0.826. The topological polar surface area (TPSA) is 50.2 Å². The maximum atomic E-state index is 11.3. The first kappa shape index (κ1) is 15.9. The molecule has 1 aromatic carbocycles. The molecule has 0 fully saturated rings. The Morgan fingerprint density at radius 1 is 1.19 bits per heavy atom. The maximum absolute atomic E-state index is 11.3. The molecule has 0 amide bonds. The summed E-state index contributed by atoms with van der Waals surface area (Å²) in [6.45, 7) is 3.42. The predicted molar refractivity (Wildman–Crippen MR) is 89.0 cm³/mol. The van der Waals surface area contributed by atoms with Gasteiger partial charge in [0.25, 0.3) is 0 Å². The normalized spacial score (nSPS) is 11.4. The number of carboxylic acid groups (broad SMARTS) is 1. The Balaban J connectivity index is 2.38. The van der Waals surface area contributed by atoms with Crippen molar-refractivity contribution in [3.05, 3.63) is 42.7 Å². The summed E-state index contributed by atoms with van der Waals surface area (Å²) in [6, 6.07) is 10.1. The predicted octanol–water partition coefficient (Wildman–Crippen LogP) is 4.43. The number of hydrogen-bond acceptors (Lipinski definition) is 4. The van der Waals surface area contributed by atoms with Gasteiger partial charge in [-0.2, -0.15) is 0 Å². The smallest absolute Gasteiger partial charge is 0.319 e. The number of hydrogen-bond donors (Lipinski definition) is 1. The summed E-state index contributed by atoms with van der Waals surface area (Å²) in [4.78, 5) is 17.6. The fourth-order valence-corrected chi connectivity index (χ4v) is 3.23. The van der Waals surface area contributed by atoms with Crippen LogP contribution >= 0.6 is 23.5 Å². The van der Waals surface area contributed by atoms with Crippen LogP contribution in [0.2, 0.25) is 0 Å². The molecule has 1 heterocycles. The van der Waals surface area contributed by atoms with E-state index in [0.717, 1.165) is 16.0 Å². The number of thioether (sulfide) groups is 2. The van der Waals surface area contributed by atoms with Gasteiger partial charge in [-0.3, -0.25) is 9.78 Å². The van der Waals surface area contributed by atoms with Crippen LogP contribution in [0, 0.1) is 0 Å². The number of carboxylic acids is 1. The Bertz CT molecular complexity index is 639. The van der Waals surface area contributed by atoms with E-state index in [1.807, 2.05) is 24.5 Å². The van der Waals surface area contributed by atoms with E-state index in [0.29, 0.717) is 0 Å². The first-order valence-corrected chi connectivity index (χ1v) is 8.49. The molecule has 1 aromatic heterocycles. The Kier molecular flexibility index (Phi) is 4.96. The summed E-state index contributed by atoms with van der Waals surface area (Å²) in [5, 5.41) is 9.29. The summed E-state index contributed by atoms with van der Waals surface area (Å²) >= 11 is 3.03. The second-order valence-electron chi connectivity index (χ2n) is 5.02. The number of nitrogens with zero attached hydrogens (tertiary/aromatic N) is 1. The van der Waals surface area contributed by atoms with E-state index in [1.165, 1.54) is 16.7 Å². The van der Waals surface area contributed by atoms with Crippen molar-refractivity contribution in [3.8, 4) is 11.1 Å². The van der Waals surface area contributed by atoms with Gasteiger partial charge in [-0.05, 0) is 43.9 Å². The number of aliphatic carboxylic acids is 1. The average molecular weight is 319 g/mol. The number of rotatable bonds is 5. The van der Waals surface area contributed by atoms with Crippen LogP contribution in [0.4, 0.5) is 0 Å². The lowest BCUT2D eigenvalue weighted by molar-refractivity contribution is -0.138. The van der Waals surface area contributed by atoms with Crippen molar-refractivity contribution < 1.29 is 9.90 Å². The third kappa shape index (κ3) is 3.80. The van der Waals surface area contributed by atoms with Gasteiger partial charge in [-0.15, -0.1) is 23.5 Å². The van der Waals surface area contributed by atoms with Crippen molar-refractivity contribution in [1.29, 1.82) is 0 Å². The molecule has 5 heteroatoms. The lowest BCUT2D eigenvalue weighted by atomic mass is 10.1. The number of carbonyl (C=O) groups is 1. The van der Waals surface area contributed by atoms with Crippen LogP contribution in [0.3, 0.4) is 0 Å². The van der Waals surface area contributed by atoms with E-state index in [1.54, 1.807) is 38.0 Å². The van der Waals surface area contributed by atoms with E-state index >= 15 is 0 Å². The fraction of sp³-hybridized carbons (Fsp3) is 0.250. The van der Waals surface area contributed by atoms with Crippen molar-refractivity contribution in [1.82, 2.24) is 4.98 Å². The zero-order chi connectivity index (χ0) is 15.5. The second kappa shape index (κ2) is 6.54. The first-order chi connectivity index (χ1) is 9.94. The molecule has 0 spiro atoms.